The molecule has 0 N–H and O–H groups in total. The van der Waals surface area contributed by atoms with Gasteiger partial charge < -0.3 is 33.3 Å². The van der Waals surface area contributed by atoms with Gasteiger partial charge in [0.2, 0.25) is 0 Å². The number of hydrogen-bond acceptors (Lipinski definition) is 10. The van der Waals surface area contributed by atoms with Crippen molar-refractivity contribution in [3.63, 3.8) is 0 Å². The van der Waals surface area contributed by atoms with Crippen LogP contribution in [0.2, 0.25) is 0 Å². The van der Waals surface area contributed by atoms with Crippen molar-refractivity contribution in [3.8, 4) is 17.2 Å². The number of hydrogen-bond donors (Lipinski definition) is 0. The van der Waals surface area contributed by atoms with Gasteiger partial charge in [-0.1, -0.05) is 0 Å². The maximum absolute atomic E-state index is 11.4. The number of rotatable bonds is 6. The van der Waals surface area contributed by atoms with Crippen molar-refractivity contribution in [2.45, 2.75) is 0 Å². The summed E-state index contributed by atoms with van der Waals surface area (Å²) in [5.41, 5.74) is 2.17. The first kappa shape index (κ1) is 23.9. The summed E-state index contributed by atoms with van der Waals surface area (Å²) in [5.74, 6) is 0.914. The lowest BCUT2D eigenvalue weighted by Gasteiger charge is -2.25. The molecule has 0 aromatic heterocycles. The van der Waals surface area contributed by atoms with E-state index in [1.54, 1.807) is 72.8 Å². The highest BCUT2D eigenvalue weighted by Gasteiger charge is 2.15. The number of benzene rings is 3. The zero-order valence-corrected chi connectivity index (χ0v) is 18.5. The first-order valence-corrected chi connectivity index (χ1v) is 9.81. The Bertz CT molecular complexity index is 980. The summed E-state index contributed by atoms with van der Waals surface area (Å²) in [6, 6.07) is 20.2. The van der Waals surface area contributed by atoms with Gasteiger partial charge >= 0.3 is 18.5 Å². The minimum atomic E-state index is -0.827. The zero-order valence-electron chi connectivity index (χ0n) is 18.5. The number of carbonyl (C=O) groups is 3. The normalized spacial score (nSPS) is 9.97. The van der Waals surface area contributed by atoms with Gasteiger partial charge in [0.05, 0.1) is 21.3 Å². The molecule has 10 heteroatoms. The molecule has 0 saturated heterocycles. The standard InChI is InChI=1S/C24H21NO9/c1-29-22(26)32-19-10-4-16(5-11-19)25(17-6-12-20(13-7-17)33-23(27)30-2)18-8-14-21(15-9-18)34-24(28)31-3/h4-15H,1-3H3. The molecule has 0 spiro atoms. The van der Waals surface area contributed by atoms with Crippen LogP contribution in [0.5, 0.6) is 17.2 Å². The topological polar surface area (TPSA) is 110 Å². The lowest BCUT2D eigenvalue weighted by Crippen LogP contribution is -2.12. The molecule has 10 nitrogen and oxygen atoms in total. The summed E-state index contributed by atoms with van der Waals surface area (Å²) in [5, 5.41) is 0. The van der Waals surface area contributed by atoms with Crippen LogP contribution in [0.4, 0.5) is 31.4 Å². The van der Waals surface area contributed by atoms with E-state index in [9.17, 15) is 14.4 Å². The SMILES string of the molecule is COC(=O)Oc1ccc(N(c2ccc(OC(=O)OC)cc2)c2ccc(OC(=O)OC)cc2)cc1. The van der Waals surface area contributed by atoms with E-state index >= 15 is 0 Å². The summed E-state index contributed by atoms with van der Waals surface area (Å²) in [4.78, 5) is 36.0. The van der Waals surface area contributed by atoms with E-state index in [1.807, 2.05) is 4.90 Å². The van der Waals surface area contributed by atoms with Crippen molar-refractivity contribution in [1.82, 2.24) is 0 Å². The van der Waals surface area contributed by atoms with E-state index in [4.69, 9.17) is 14.2 Å². The Morgan fingerprint density at radius 3 is 0.912 bits per heavy atom. The van der Waals surface area contributed by atoms with Gasteiger partial charge in [-0.15, -0.1) is 0 Å². The number of methoxy groups -OCH3 is 3. The molecule has 0 aliphatic carbocycles. The van der Waals surface area contributed by atoms with Crippen molar-refractivity contribution >= 4 is 35.5 Å². The highest BCUT2D eigenvalue weighted by atomic mass is 16.7. The summed E-state index contributed by atoms with van der Waals surface area (Å²) in [6.07, 6.45) is -2.48. The third kappa shape index (κ3) is 6.16. The smallest absolute Gasteiger partial charge is 0.437 e. The molecule has 0 amide bonds. The number of carbonyl (C=O) groups excluding carboxylic acids is 3. The molecule has 0 unspecified atom stereocenters. The quantitative estimate of drug-likeness (QED) is 0.258. The van der Waals surface area contributed by atoms with Crippen LogP contribution in [0.3, 0.4) is 0 Å². The summed E-state index contributed by atoms with van der Waals surface area (Å²) >= 11 is 0. The number of nitrogens with zero attached hydrogens (tertiary/aromatic N) is 1. The van der Waals surface area contributed by atoms with Crippen LogP contribution in [0.25, 0.3) is 0 Å². The second-order valence-corrected chi connectivity index (χ2v) is 6.49. The lowest BCUT2D eigenvalue weighted by molar-refractivity contribution is 0.120. The van der Waals surface area contributed by atoms with E-state index in [1.165, 1.54) is 21.3 Å². The first-order chi connectivity index (χ1) is 16.4. The highest BCUT2D eigenvalue weighted by molar-refractivity contribution is 5.78. The maximum Gasteiger partial charge on any atom is 0.513 e. The molecule has 176 valence electrons. The van der Waals surface area contributed by atoms with Gasteiger partial charge in [-0.3, -0.25) is 0 Å². The van der Waals surface area contributed by atoms with E-state index in [0.717, 1.165) is 17.1 Å². The predicted molar refractivity (Wildman–Crippen MR) is 120 cm³/mol. The van der Waals surface area contributed by atoms with Crippen LogP contribution in [-0.2, 0) is 14.2 Å². The van der Waals surface area contributed by atoms with E-state index in [0.29, 0.717) is 17.2 Å². The average Bonchev–Trinajstić information content (AvgIpc) is 2.87. The van der Waals surface area contributed by atoms with Crippen LogP contribution in [0.15, 0.2) is 72.8 Å². The second kappa shape index (κ2) is 11.2. The van der Waals surface area contributed by atoms with Crippen molar-refractivity contribution in [2.75, 3.05) is 26.2 Å². The fourth-order valence-corrected chi connectivity index (χ4v) is 2.85. The van der Waals surface area contributed by atoms with Gasteiger partial charge in [-0.25, -0.2) is 14.4 Å². The highest BCUT2D eigenvalue weighted by Crippen LogP contribution is 2.36. The Balaban J connectivity index is 1.94. The molecule has 0 aliphatic rings. The molecular formula is C24H21NO9. The molecule has 3 aromatic rings. The van der Waals surface area contributed by atoms with E-state index in [2.05, 4.69) is 14.2 Å². The van der Waals surface area contributed by atoms with Crippen molar-refractivity contribution < 1.29 is 42.8 Å². The average molecular weight is 467 g/mol. The van der Waals surface area contributed by atoms with Gasteiger partial charge in [0.25, 0.3) is 0 Å². The third-order valence-corrected chi connectivity index (χ3v) is 4.39. The number of ether oxygens (including phenoxy) is 6. The van der Waals surface area contributed by atoms with Crippen LogP contribution in [0, 0.1) is 0 Å². The second-order valence-electron chi connectivity index (χ2n) is 6.49. The van der Waals surface area contributed by atoms with Crippen LogP contribution < -0.4 is 19.1 Å². The fourth-order valence-electron chi connectivity index (χ4n) is 2.85. The third-order valence-electron chi connectivity index (χ3n) is 4.39. The van der Waals surface area contributed by atoms with E-state index < -0.39 is 18.5 Å². The molecule has 3 rings (SSSR count). The molecule has 0 heterocycles. The lowest BCUT2D eigenvalue weighted by atomic mass is 10.2. The Hall–Kier alpha value is -4.73. The maximum atomic E-state index is 11.4. The van der Waals surface area contributed by atoms with Gasteiger partial charge in [0, 0.05) is 17.1 Å². The molecule has 0 bridgehead atoms. The first-order valence-electron chi connectivity index (χ1n) is 9.81. The van der Waals surface area contributed by atoms with Crippen LogP contribution >= 0.6 is 0 Å². The van der Waals surface area contributed by atoms with Gasteiger partial charge in [0.1, 0.15) is 17.2 Å². The molecule has 0 atom stereocenters. The van der Waals surface area contributed by atoms with E-state index in [-0.39, 0.29) is 0 Å². The molecule has 0 fully saturated rings. The molecular weight excluding hydrogens is 446 g/mol. The number of anilines is 3. The molecule has 34 heavy (non-hydrogen) atoms. The zero-order chi connectivity index (χ0) is 24.5. The summed E-state index contributed by atoms with van der Waals surface area (Å²) < 4.78 is 28.6. The van der Waals surface area contributed by atoms with Gasteiger partial charge in [0.15, 0.2) is 0 Å². The fraction of sp³-hybridized carbons (Fsp3) is 0.125. The Morgan fingerprint density at radius 2 is 0.706 bits per heavy atom. The van der Waals surface area contributed by atoms with Gasteiger partial charge in [-0.2, -0.15) is 0 Å². The molecule has 3 aromatic carbocycles. The minimum absolute atomic E-state index is 0.305. The van der Waals surface area contributed by atoms with Crippen LogP contribution in [0.1, 0.15) is 0 Å². The molecule has 0 aliphatic heterocycles. The Kier molecular flexibility index (Phi) is 7.90. The van der Waals surface area contributed by atoms with Gasteiger partial charge in [-0.05, 0) is 72.8 Å². The summed E-state index contributed by atoms with van der Waals surface area (Å²) in [7, 11) is 3.67. The summed E-state index contributed by atoms with van der Waals surface area (Å²) in [6.45, 7) is 0. The molecule has 0 saturated carbocycles. The molecule has 0 radical (unpaired) electrons. The van der Waals surface area contributed by atoms with Crippen molar-refractivity contribution in [3.05, 3.63) is 72.8 Å². The van der Waals surface area contributed by atoms with Crippen LogP contribution in [-0.4, -0.2) is 39.8 Å². The minimum Gasteiger partial charge on any atom is -0.437 e. The largest absolute Gasteiger partial charge is 0.513 e. The van der Waals surface area contributed by atoms with Crippen molar-refractivity contribution in [1.29, 1.82) is 0 Å². The Labute approximate surface area is 195 Å². The Morgan fingerprint density at radius 1 is 0.471 bits per heavy atom. The monoisotopic (exact) mass is 467 g/mol. The van der Waals surface area contributed by atoms with Crippen molar-refractivity contribution in [2.24, 2.45) is 0 Å². The predicted octanol–water partition coefficient (Wildman–Crippen LogP) is 5.59.